The van der Waals surface area contributed by atoms with Gasteiger partial charge in [-0.25, -0.2) is 0 Å². The topological polar surface area (TPSA) is 75.7 Å². The molecule has 1 saturated heterocycles. The molecule has 4 unspecified atom stereocenters. The van der Waals surface area contributed by atoms with Gasteiger partial charge in [-0.1, -0.05) is 66.2 Å². The number of ketones is 1. The van der Waals surface area contributed by atoms with Gasteiger partial charge in [0.05, 0.1) is 23.9 Å². The van der Waals surface area contributed by atoms with Gasteiger partial charge in [0, 0.05) is 23.0 Å². The molecular formula is C34H31ClN2O4S. The van der Waals surface area contributed by atoms with Gasteiger partial charge in [-0.05, 0) is 71.7 Å². The van der Waals surface area contributed by atoms with Crippen molar-refractivity contribution in [3.8, 4) is 5.75 Å². The molecule has 6 nitrogen and oxygen atoms in total. The summed E-state index contributed by atoms with van der Waals surface area (Å²) in [4.78, 5) is 45.6. The van der Waals surface area contributed by atoms with Crippen LogP contribution in [0.3, 0.4) is 0 Å². The summed E-state index contributed by atoms with van der Waals surface area (Å²) < 4.78 is 5.42. The standard InChI is InChI=1S/C34H31ClN2O4S/c1-41-26-10-5-9-24(19-26)34(40)37-30(23-7-3-2-4-8-23)29(32(38)27-11-6-18-42-27)28(22-14-16-25(35)17-15-22)31(37)33(39)36-20-21-12-13-21/h2-11,14-19,21,28-31H,12-13,20H2,1H3,(H,36,39). The molecule has 214 valence electrons. The van der Waals surface area contributed by atoms with E-state index in [-0.39, 0.29) is 17.6 Å². The largest absolute Gasteiger partial charge is 0.497 e. The van der Waals surface area contributed by atoms with E-state index in [1.807, 2.05) is 60.0 Å². The van der Waals surface area contributed by atoms with Gasteiger partial charge in [0.25, 0.3) is 5.91 Å². The molecule has 1 aliphatic heterocycles. The number of carbonyl (C=O) groups excluding carboxylic acids is 3. The molecule has 1 N–H and O–H groups in total. The number of amides is 2. The second kappa shape index (κ2) is 12.1. The first-order valence-corrected chi connectivity index (χ1v) is 15.3. The van der Waals surface area contributed by atoms with E-state index >= 15 is 0 Å². The van der Waals surface area contributed by atoms with Gasteiger partial charge in [0.1, 0.15) is 11.8 Å². The zero-order valence-corrected chi connectivity index (χ0v) is 24.7. The SMILES string of the molecule is COc1cccc(C(=O)N2C(C(=O)NCC3CC3)C(c3ccc(Cl)cc3)C(C(=O)c3cccs3)C2c2ccccc2)c1. The predicted molar refractivity (Wildman–Crippen MR) is 164 cm³/mol. The fraction of sp³-hybridized carbons (Fsp3) is 0.265. The van der Waals surface area contributed by atoms with Crippen LogP contribution in [-0.4, -0.2) is 42.2 Å². The van der Waals surface area contributed by atoms with Crippen molar-refractivity contribution in [2.24, 2.45) is 11.8 Å². The normalized spacial score (nSPS) is 21.6. The van der Waals surface area contributed by atoms with Crippen molar-refractivity contribution in [1.29, 1.82) is 0 Å². The van der Waals surface area contributed by atoms with Gasteiger partial charge >= 0.3 is 0 Å². The molecule has 1 aliphatic carbocycles. The highest BCUT2D eigenvalue weighted by molar-refractivity contribution is 7.12. The summed E-state index contributed by atoms with van der Waals surface area (Å²) in [7, 11) is 1.55. The fourth-order valence-corrected chi connectivity index (χ4v) is 6.85. The molecule has 0 radical (unpaired) electrons. The number of ether oxygens (including phenoxy) is 1. The van der Waals surface area contributed by atoms with E-state index in [1.165, 1.54) is 11.3 Å². The second-order valence-corrected chi connectivity index (χ2v) is 12.3. The first-order chi connectivity index (χ1) is 20.5. The maximum absolute atomic E-state index is 14.6. The molecule has 1 aromatic heterocycles. The van der Waals surface area contributed by atoms with Crippen molar-refractivity contribution >= 4 is 40.5 Å². The van der Waals surface area contributed by atoms with Crippen LogP contribution in [0, 0.1) is 11.8 Å². The molecule has 2 amide bonds. The Kier molecular flexibility index (Phi) is 8.13. The molecule has 4 atom stereocenters. The number of likely N-dealkylation sites (tertiary alicyclic amines) is 1. The van der Waals surface area contributed by atoms with Crippen molar-refractivity contribution in [3.63, 3.8) is 0 Å². The average Bonchev–Trinajstić information content (AvgIpc) is 3.55. The molecule has 1 saturated carbocycles. The first-order valence-electron chi connectivity index (χ1n) is 14.1. The van der Waals surface area contributed by atoms with E-state index in [1.54, 1.807) is 48.4 Å². The number of benzene rings is 3. The lowest BCUT2D eigenvalue weighted by atomic mass is 9.77. The monoisotopic (exact) mass is 598 g/mol. The van der Waals surface area contributed by atoms with E-state index in [2.05, 4.69) is 5.32 Å². The van der Waals surface area contributed by atoms with Crippen LogP contribution in [0.1, 0.15) is 56.0 Å². The Balaban J connectivity index is 1.56. The summed E-state index contributed by atoms with van der Waals surface area (Å²) >= 11 is 7.65. The molecule has 4 aromatic rings. The quantitative estimate of drug-likeness (QED) is 0.215. The van der Waals surface area contributed by atoms with Crippen LogP contribution in [0.4, 0.5) is 0 Å². The van der Waals surface area contributed by atoms with Crippen LogP contribution in [0.2, 0.25) is 5.02 Å². The summed E-state index contributed by atoms with van der Waals surface area (Å²) in [5, 5.41) is 5.55. The number of hydrogen-bond donors (Lipinski definition) is 1. The van der Waals surface area contributed by atoms with Gasteiger partial charge in [0.2, 0.25) is 5.91 Å². The first kappa shape index (κ1) is 28.2. The number of halogens is 1. The molecule has 2 fully saturated rings. The van der Waals surface area contributed by atoms with E-state index in [9.17, 15) is 14.4 Å². The third-order valence-electron chi connectivity index (χ3n) is 8.21. The summed E-state index contributed by atoms with van der Waals surface area (Å²) in [6, 6.07) is 25.8. The minimum atomic E-state index is -0.942. The number of hydrogen-bond acceptors (Lipinski definition) is 5. The minimum absolute atomic E-state index is 0.0975. The lowest BCUT2D eigenvalue weighted by Crippen LogP contribution is -2.49. The number of nitrogens with one attached hydrogen (secondary N) is 1. The Morgan fingerprint density at radius 3 is 2.36 bits per heavy atom. The summed E-state index contributed by atoms with van der Waals surface area (Å²) in [6.07, 6.45) is 2.15. The van der Waals surface area contributed by atoms with Crippen molar-refractivity contribution in [1.82, 2.24) is 10.2 Å². The zero-order chi connectivity index (χ0) is 29.2. The van der Waals surface area contributed by atoms with Gasteiger partial charge in [-0.3, -0.25) is 14.4 Å². The second-order valence-electron chi connectivity index (χ2n) is 10.9. The number of methoxy groups -OCH3 is 1. The summed E-state index contributed by atoms with van der Waals surface area (Å²) in [5.74, 6) is -1.06. The minimum Gasteiger partial charge on any atom is -0.497 e. The van der Waals surface area contributed by atoms with E-state index < -0.39 is 23.9 Å². The molecular weight excluding hydrogens is 568 g/mol. The van der Waals surface area contributed by atoms with Crippen molar-refractivity contribution in [3.05, 3.63) is 123 Å². The lowest BCUT2D eigenvalue weighted by molar-refractivity contribution is -0.125. The summed E-state index contributed by atoms with van der Waals surface area (Å²) in [6.45, 7) is 0.545. The molecule has 0 bridgehead atoms. The molecule has 2 aliphatic rings. The third-order valence-corrected chi connectivity index (χ3v) is 9.35. The van der Waals surface area contributed by atoms with E-state index in [0.29, 0.717) is 33.7 Å². The number of Topliss-reactive ketones (excluding diaryl/α,β-unsaturated/α-hetero) is 1. The highest BCUT2D eigenvalue weighted by Crippen LogP contribution is 2.52. The molecule has 6 rings (SSSR count). The summed E-state index contributed by atoms with van der Waals surface area (Å²) in [5.41, 5.74) is 1.96. The lowest BCUT2D eigenvalue weighted by Gasteiger charge is -2.32. The number of nitrogens with zero attached hydrogens (tertiary/aromatic N) is 1. The maximum atomic E-state index is 14.6. The molecule has 3 aromatic carbocycles. The Bertz CT molecular complexity index is 1570. The number of thiophene rings is 1. The van der Waals surface area contributed by atoms with Crippen LogP contribution >= 0.6 is 22.9 Å². The highest BCUT2D eigenvalue weighted by Gasteiger charge is 2.57. The van der Waals surface area contributed by atoms with E-state index in [4.69, 9.17) is 16.3 Å². The Morgan fingerprint density at radius 1 is 0.929 bits per heavy atom. The molecule has 0 spiro atoms. The van der Waals surface area contributed by atoms with Crippen LogP contribution in [0.25, 0.3) is 0 Å². The predicted octanol–water partition coefficient (Wildman–Crippen LogP) is 6.78. The van der Waals surface area contributed by atoms with Gasteiger partial charge < -0.3 is 15.0 Å². The molecule has 8 heteroatoms. The van der Waals surface area contributed by atoms with Crippen LogP contribution in [0.5, 0.6) is 5.75 Å². The Hall–Kier alpha value is -3.94. The number of carbonyl (C=O) groups is 3. The smallest absolute Gasteiger partial charge is 0.255 e. The van der Waals surface area contributed by atoms with Crippen molar-refractivity contribution < 1.29 is 19.1 Å². The fourth-order valence-electron chi connectivity index (χ4n) is 6.01. The Morgan fingerprint density at radius 2 is 1.69 bits per heavy atom. The Labute approximate surface area is 254 Å². The van der Waals surface area contributed by atoms with Crippen LogP contribution < -0.4 is 10.1 Å². The number of rotatable bonds is 9. The average molecular weight is 599 g/mol. The van der Waals surface area contributed by atoms with E-state index in [0.717, 1.165) is 24.0 Å². The van der Waals surface area contributed by atoms with Crippen LogP contribution in [0.15, 0.2) is 96.4 Å². The highest BCUT2D eigenvalue weighted by atomic mass is 35.5. The third kappa shape index (κ3) is 5.59. The maximum Gasteiger partial charge on any atom is 0.255 e. The molecule has 2 heterocycles. The van der Waals surface area contributed by atoms with Crippen molar-refractivity contribution in [2.45, 2.75) is 30.8 Å². The van der Waals surface area contributed by atoms with Crippen molar-refractivity contribution in [2.75, 3.05) is 13.7 Å². The van der Waals surface area contributed by atoms with Gasteiger partial charge in [0.15, 0.2) is 5.78 Å². The zero-order valence-electron chi connectivity index (χ0n) is 23.1. The van der Waals surface area contributed by atoms with Gasteiger partial charge in [-0.15, -0.1) is 11.3 Å². The van der Waals surface area contributed by atoms with Gasteiger partial charge in [-0.2, -0.15) is 0 Å². The molecule has 42 heavy (non-hydrogen) atoms. The van der Waals surface area contributed by atoms with Crippen LogP contribution in [-0.2, 0) is 4.79 Å².